The van der Waals surface area contributed by atoms with Gasteiger partial charge in [-0.2, -0.15) is 13.2 Å². The largest absolute Gasteiger partial charge is 0.481 e. The Morgan fingerprint density at radius 2 is 2.12 bits per heavy atom. The van der Waals surface area contributed by atoms with Gasteiger partial charge in [0, 0.05) is 13.1 Å². The standard InChI is InChI=1S/C10H16F3NO3/c1-7(2)6-17-4-3-14-5-8(9(15)16)10(11,12)13/h8,14H,1,3-6H2,2H3,(H,15,16). The molecule has 0 spiro atoms. The van der Waals surface area contributed by atoms with Crippen molar-refractivity contribution >= 4 is 5.97 Å². The van der Waals surface area contributed by atoms with Crippen LogP contribution >= 0.6 is 0 Å². The Kier molecular flexibility index (Phi) is 6.82. The lowest BCUT2D eigenvalue weighted by molar-refractivity contribution is -0.192. The van der Waals surface area contributed by atoms with Crippen LogP contribution < -0.4 is 5.32 Å². The average molecular weight is 255 g/mol. The maximum atomic E-state index is 12.2. The zero-order valence-electron chi connectivity index (χ0n) is 9.51. The lowest BCUT2D eigenvalue weighted by atomic mass is 10.1. The van der Waals surface area contributed by atoms with Crippen LogP contribution in [0.3, 0.4) is 0 Å². The third kappa shape index (κ3) is 7.76. The predicted octanol–water partition coefficient (Wildman–Crippen LogP) is 1.43. The Labute approximate surface area is 97.4 Å². The highest BCUT2D eigenvalue weighted by Gasteiger charge is 2.44. The monoisotopic (exact) mass is 255 g/mol. The third-order valence-electron chi connectivity index (χ3n) is 1.81. The fraction of sp³-hybridized carbons (Fsp3) is 0.700. The van der Waals surface area contributed by atoms with Crippen molar-refractivity contribution in [1.29, 1.82) is 0 Å². The van der Waals surface area contributed by atoms with Gasteiger partial charge in [-0.25, -0.2) is 0 Å². The van der Waals surface area contributed by atoms with E-state index in [9.17, 15) is 18.0 Å². The van der Waals surface area contributed by atoms with Crippen molar-refractivity contribution < 1.29 is 27.8 Å². The first-order valence-electron chi connectivity index (χ1n) is 4.97. The van der Waals surface area contributed by atoms with Crippen LogP contribution in [0.5, 0.6) is 0 Å². The summed E-state index contributed by atoms with van der Waals surface area (Å²) in [7, 11) is 0. The minimum atomic E-state index is -4.74. The molecule has 0 aliphatic rings. The summed E-state index contributed by atoms with van der Waals surface area (Å²) >= 11 is 0. The van der Waals surface area contributed by atoms with Gasteiger partial charge in [0.15, 0.2) is 5.92 Å². The highest BCUT2D eigenvalue weighted by atomic mass is 19.4. The molecule has 4 nitrogen and oxygen atoms in total. The van der Waals surface area contributed by atoms with Crippen LogP contribution in [0.4, 0.5) is 13.2 Å². The minimum Gasteiger partial charge on any atom is -0.481 e. The van der Waals surface area contributed by atoms with E-state index < -0.39 is 24.6 Å². The van der Waals surface area contributed by atoms with Crippen LogP contribution in [0.15, 0.2) is 12.2 Å². The number of hydrogen-bond donors (Lipinski definition) is 2. The van der Waals surface area contributed by atoms with Crippen molar-refractivity contribution in [2.45, 2.75) is 13.1 Å². The summed E-state index contributed by atoms with van der Waals surface area (Å²) in [5.74, 6) is -4.27. The van der Waals surface area contributed by atoms with Gasteiger partial charge in [0.25, 0.3) is 0 Å². The van der Waals surface area contributed by atoms with E-state index in [4.69, 9.17) is 9.84 Å². The Balaban J connectivity index is 3.78. The number of aliphatic carboxylic acids is 1. The van der Waals surface area contributed by atoms with Gasteiger partial charge in [0.05, 0.1) is 13.2 Å². The van der Waals surface area contributed by atoms with Gasteiger partial charge in [-0.05, 0) is 6.92 Å². The van der Waals surface area contributed by atoms with E-state index >= 15 is 0 Å². The third-order valence-corrected chi connectivity index (χ3v) is 1.81. The van der Waals surface area contributed by atoms with Gasteiger partial charge in [-0.1, -0.05) is 12.2 Å². The predicted molar refractivity (Wildman–Crippen MR) is 55.7 cm³/mol. The number of carboxylic acid groups (broad SMARTS) is 1. The molecule has 1 unspecified atom stereocenters. The summed E-state index contributed by atoms with van der Waals surface area (Å²) < 4.78 is 41.6. The number of halogens is 3. The summed E-state index contributed by atoms with van der Waals surface area (Å²) in [6.07, 6.45) is -4.74. The van der Waals surface area contributed by atoms with Crippen molar-refractivity contribution in [3.63, 3.8) is 0 Å². The second-order valence-corrected chi connectivity index (χ2v) is 3.65. The minimum absolute atomic E-state index is 0.160. The highest BCUT2D eigenvalue weighted by Crippen LogP contribution is 2.25. The first kappa shape index (κ1) is 15.9. The lowest BCUT2D eigenvalue weighted by Gasteiger charge is -2.16. The van der Waals surface area contributed by atoms with Crippen molar-refractivity contribution in [3.05, 3.63) is 12.2 Å². The molecule has 0 radical (unpaired) electrons. The molecule has 0 aromatic heterocycles. The summed E-state index contributed by atoms with van der Waals surface area (Å²) in [5.41, 5.74) is 0.809. The maximum Gasteiger partial charge on any atom is 0.403 e. The first-order chi connectivity index (χ1) is 7.75. The number of rotatable bonds is 8. The molecule has 0 aliphatic heterocycles. The van der Waals surface area contributed by atoms with Crippen LogP contribution in [-0.4, -0.2) is 43.6 Å². The van der Waals surface area contributed by atoms with Crippen LogP contribution in [0, 0.1) is 5.92 Å². The van der Waals surface area contributed by atoms with Crippen molar-refractivity contribution in [3.8, 4) is 0 Å². The normalized spacial score (nSPS) is 13.4. The Hall–Kier alpha value is -1.08. The molecule has 100 valence electrons. The average Bonchev–Trinajstić information content (AvgIpc) is 2.13. The van der Waals surface area contributed by atoms with Gasteiger partial charge in [0.1, 0.15) is 0 Å². The van der Waals surface area contributed by atoms with E-state index in [2.05, 4.69) is 11.9 Å². The molecule has 0 fully saturated rings. The fourth-order valence-corrected chi connectivity index (χ4v) is 0.980. The molecule has 0 aliphatic carbocycles. The fourth-order valence-electron chi connectivity index (χ4n) is 0.980. The van der Waals surface area contributed by atoms with E-state index in [1.54, 1.807) is 6.92 Å². The molecule has 0 aromatic rings. The molecular formula is C10H16F3NO3. The topological polar surface area (TPSA) is 58.6 Å². The van der Waals surface area contributed by atoms with Crippen molar-refractivity contribution in [1.82, 2.24) is 5.32 Å². The van der Waals surface area contributed by atoms with E-state index in [1.807, 2.05) is 0 Å². The van der Waals surface area contributed by atoms with E-state index in [0.717, 1.165) is 5.57 Å². The lowest BCUT2D eigenvalue weighted by Crippen LogP contribution is -2.40. The van der Waals surface area contributed by atoms with Crippen molar-refractivity contribution in [2.75, 3.05) is 26.3 Å². The molecule has 0 heterocycles. The molecule has 17 heavy (non-hydrogen) atoms. The van der Waals surface area contributed by atoms with E-state index in [-0.39, 0.29) is 13.2 Å². The van der Waals surface area contributed by atoms with E-state index in [0.29, 0.717) is 6.61 Å². The summed E-state index contributed by atoms with van der Waals surface area (Å²) in [5, 5.41) is 10.8. The summed E-state index contributed by atoms with van der Waals surface area (Å²) in [6.45, 7) is 5.39. The summed E-state index contributed by atoms with van der Waals surface area (Å²) in [6, 6.07) is 0. The molecule has 0 saturated heterocycles. The first-order valence-corrected chi connectivity index (χ1v) is 4.97. The van der Waals surface area contributed by atoms with Gasteiger partial charge in [0.2, 0.25) is 0 Å². The number of nitrogens with one attached hydrogen (secondary N) is 1. The molecular weight excluding hydrogens is 239 g/mol. The Morgan fingerprint density at radius 3 is 2.53 bits per heavy atom. The molecule has 2 N–H and O–H groups in total. The quantitative estimate of drug-likeness (QED) is 0.509. The van der Waals surface area contributed by atoms with Crippen LogP contribution in [-0.2, 0) is 9.53 Å². The zero-order valence-corrected chi connectivity index (χ0v) is 9.51. The molecule has 0 aromatic carbocycles. The number of hydrogen-bond acceptors (Lipinski definition) is 3. The number of alkyl halides is 3. The van der Waals surface area contributed by atoms with Gasteiger partial charge in [-0.15, -0.1) is 0 Å². The van der Waals surface area contributed by atoms with Crippen molar-refractivity contribution in [2.24, 2.45) is 5.92 Å². The number of ether oxygens (including phenoxy) is 1. The molecule has 0 bridgehead atoms. The number of carboxylic acids is 1. The smallest absolute Gasteiger partial charge is 0.403 e. The second-order valence-electron chi connectivity index (χ2n) is 3.65. The number of carbonyl (C=O) groups is 1. The molecule has 0 saturated carbocycles. The summed E-state index contributed by atoms with van der Waals surface area (Å²) in [4.78, 5) is 10.4. The second kappa shape index (κ2) is 7.29. The molecule has 0 rings (SSSR count). The molecule has 7 heteroatoms. The molecule has 0 amide bonds. The highest BCUT2D eigenvalue weighted by molar-refractivity contribution is 5.71. The Bertz CT molecular complexity index is 266. The van der Waals surface area contributed by atoms with Gasteiger partial charge >= 0.3 is 12.1 Å². The van der Waals surface area contributed by atoms with Crippen LogP contribution in [0.1, 0.15) is 6.92 Å². The van der Waals surface area contributed by atoms with Gasteiger partial charge in [-0.3, -0.25) is 4.79 Å². The Morgan fingerprint density at radius 1 is 1.53 bits per heavy atom. The maximum absolute atomic E-state index is 12.2. The van der Waals surface area contributed by atoms with Gasteiger partial charge < -0.3 is 15.2 Å². The molecule has 1 atom stereocenters. The van der Waals surface area contributed by atoms with Crippen LogP contribution in [0.25, 0.3) is 0 Å². The SMILES string of the molecule is C=C(C)COCCNCC(C(=O)O)C(F)(F)F. The van der Waals surface area contributed by atoms with Crippen LogP contribution in [0.2, 0.25) is 0 Å². The zero-order chi connectivity index (χ0) is 13.5. The van der Waals surface area contributed by atoms with E-state index in [1.165, 1.54) is 0 Å².